The van der Waals surface area contributed by atoms with E-state index in [1.807, 2.05) is 44.1 Å². The highest BCUT2D eigenvalue weighted by Crippen LogP contribution is 2.32. The van der Waals surface area contributed by atoms with Crippen molar-refractivity contribution in [2.24, 2.45) is 0 Å². The highest BCUT2D eigenvalue weighted by Gasteiger charge is 2.31. The summed E-state index contributed by atoms with van der Waals surface area (Å²) in [4.78, 5) is 21.0. The van der Waals surface area contributed by atoms with Crippen LogP contribution in [0.15, 0.2) is 42.5 Å². The molecule has 0 bridgehead atoms. The lowest BCUT2D eigenvalue weighted by Crippen LogP contribution is -2.36. The third-order valence-electron chi connectivity index (χ3n) is 4.22. The second-order valence-corrected chi connectivity index (χ2v) is 7.82. The van der Waals surface area contributed by atoms with E-state index in [1.54, 1.807) is 0 Å². The topological polar surface area (TPSA) is 36.4 Å². The van der Waals surface area contributed by atoms with Gasteiger partial charge in [-0.25, -0.2) is 4.98 Å². The van der Waals surface area contributed by atoms with Crippen LogP contribution >= 0.6 is 11.3 Å². The minimum absolute atomic E-state index is 0.0102. The predicted molar refractivity (Wildman–Crippen MR) is 106 cm³/mol. The molecule has 0 N–H and O–H groups in total. The summed E-state index contributed by atoms with van der Waals surface area (Å²) in [5.74, 6) is -0.497. The van der Waals surface area contributed by atoms with Crippen LogP contribution in [-0.2, 0) is 6.18 Å². The fourth-order valence-corrected chi connectivity index (χ4v) is 3.79. The first kappa shape index (κ1) is 20.3. The smallest absolute Gasteiger partial charge is 0.308 e. The summed E-state index contributed by atoms with van der Waals surface area (Å²) in [7, 11) is 3.74. The number of likely N-dealkylation sites (N-methyl/N-ethyl adjacent to an activating group) is 1. The molecule has 4 nitrogen and oxygen atoms in total. The Hall–Kier alpha value is -2.45. The van der Waals surface area contributed by atoms with Crippen LogP contribution in [0.4, 0.5) is 18.3 Å². The van der Waals surface area contributed by atoms with E-state index in [1.165, 1.54) is 28.4 Å². The number of fused-ring (bicyclic) bond motifs is 1. The van der Waals surface area contributed by atoms with Gasteiger partial charge in [-0.15, -0.1) is 0 Å². The number of rotatable bonds is 5. The molecule has 0 aliphatic rings. The Morgan fingerprint density at radius 1 is 1.11 bits per heavy atom. The van der Waals surface area contributed by atoms with Gasteiger partial charge in [0.25, 0.3) is 5.91 Å². The highest BCUT2D eigenvalue weighted by molar-refractivity contribution is 7.22. The van der Waals surface area contributed by atoms with Crippen LogP contribution < -0.4 is 4.90 Å². The van der Waals surface area contributed by atoms with Crippen molar-refractivity contribution < 1.29 is 18.0 Å². The fourth-order valence-electron chi connectivity index (χ4n) is 2.70. The van der Waals surface area contributed by atoms with Crippen molar-refractivity contribution in [3.63, 3.8) is 0 Å². The van der Waals surface area contributed by atoms with E-state index in [2.05, 4.69) is 4.98 Å². The number of thiazole rings is 1. The second-order valence-electron chi connectivity index (χ2n) is 6.81. The maximum atomic E-state index is 13.1. The van der Waals surface area contributed by atoms with E-state index in [4.69, 9.17) is 0 Å². The van der Waals surface area contributed by atoms with Crippen LogP contribution in [0.5, 0.6) is 0 Å². The summed E-state index contributed by atoms with van der Waals surface area (Å²) in [6.07, 6.45) is -4.50. The Balaban J connectivity index is 2.00. The maximum absolute atomic E-state index is 13.1. The van der Waals surface area contributed by atoms with Gasteiger partial charge in [0.2, 0.25) is 0 Å². The standard InChI is InChI=1S/C20H20F3N3OS/c1-13-7-8-16-17(11-13)28-19(24-16)26(10-9-25(2)3)18(27)14-5-4-6-15(12-14)20(21,22)23/h4-8,11-12H,9-10H2,1-3H3. The molecule has 3 rings (SSSR count). The number of aromatic nitrogens is 1. The number of amides is 1. The molecule has 2 aromatic carbocycles. The van der Waals surface area contributed by atoms with E-state index < -0.39 is 17.6 Å². The molecule has 0 aliphatic heterocycles. The first-order chi connectivity index (χ1) is 13.1. The molecule has 1 aromatic heterocycles. The zero-order valence-electron chi connectivity index (χ0n) is 15.7. The third-order valence-corrected chi connectivity index (χ3v) is 5.26. The van der Waals surface area contributed by atoms with Crippen molar-refractivity contribution in [1.29, 1.82) is 0 Å². The van der Waals surface area contributed by atoms with Gasteiger partial charge in [0, 0.05) is 18.7 Å². The molecule has 0 radical (unpaired) electrons. The molecule has 28 heavy (non-hydrogen) atoms. The lowest BCUT2D eigenvalue weighted by Gasteiger charge is -2.22. The first-order valence-electron chi connectivity index (χ1n) is 8.66. The minimum Gasteiger partial charge on any atom is -0.308 e. The van der Waals surface area contributed by atoms with Gasteiger partial charge in [0.15, 0.2) is 5.13 Å². The first-order valence-corrected chi connectivity index (χ1v) is 9.48. The Morgan fingerprint density at radius 2 is 1.86 bits per heavy atom. The summed E-state index contributed by atoms with van der Waals surface area (Å²) < 4.78 is 40.1. The number of anilines is 1. The lowest BCUT2D eigenvalue weighted by atomic mass is 10.1. The van der Waals surface area contributed by atoms with Gasteiger partial charge in [-0.2, -0.15) is 13.2 Å². The molecule has 0 saturated carbocycles. The van der Waals surface area contributed by atoms with Gasteiger partial charge in [-0.05, 0) is 56.9 Å². The minimum atomic E-state index is -4.50. The number of nitrogens with zero attached hydrogens (tertiary/aromatic N) is 3. The van der Waals surface area contributed by atoms with E-state index in [0.717, 1.165) is 27.9 Å². The van der Waals surface area contributed by atoms with Crippen LogP contribution in [0, 0.1) is 6.92 Å². The van der Waals surface area contributed by atoms with Gasteiger partial charge in [0.1, 0.15) is 0 Å². The molecule has 1 heterocycles. The van der Waals surface area contributed by atoms with Crippen LogP contribution in [0.3, 0.4) is 0 Å². The Labute approximate surface area is 165 Å². The van der Waals surface area contributed by atoms with Crippen LogP contribution in [0.1, 0.15) is 21.5 Å². The number of hydrogen-bond acceptors (Lipinski definition) is 4. The van der Waals surface area contributed by atoms with E-state index in [9.17, 15) is 18.0 Å². The van der Waals surface area contributed by atoms with Crippen molar-refractivity contribution in [2.75, 3.05) is 32.1 Å². The number of carbonyl (C=O) groups is 1. The van der Waals surface area contributed by atoms with Gasteiger partial charge in [0.05, 0.1) is 15.8 Å². The van der Waals surface area contributed by atoms with Gasteiger partial charge < -0.3 is 4.90 Å². The van der Waals surface area contributed by atoms with Gasteiger partial charge in [-0.1, -0.05) is 23.5 Å². The lowest BCUT2D eigenvalue weighted by molar-refractivity contribution is -0.137. The molecule has 148 valence electrons. The third kappa shape index (κ3) is 4.51. The van der Waals surface area contributed by atoms with Gasteiger partial charge in [-0.3, -0.25) is 9.69 Å². The predicted octanol–water partition coefficient (Wildman–Crippen LogP) is 4.83. The quantitative estimate of drug-likeness (QED) is 0.608. The molecule has 0 unspecified atom stereocenters. The van der Waals surface area contributed by atoms with Crippen LogP contribution in [0.25, 0.3) is 10.2 Å². The van der Waals surface area contributed by atoms with E-state index in [0.29, 0.717) is 18.2 Å². The summed E-state index contributed by atoms with van der Waals surface area (Å²) in [5, 5.41) is 0.477. The van der Waals surface area contributed by atoms with Crippen molar-refractivity contribution in [1.82, 2.24) is 9.88 Å². The summed E-state index contributed by atoms with van der Waals surface area (Å²) in [6, 6.07) is 10.3. The van der Waals surface area contributed by atoms with Gasteiger partial charge >= 0.3 is 6.18 Å². The average molecular weight is 407 g/mol. The summed E-state index contributed by atoms with van der Waals surface area (Å²) in [6.45, 7) is 2.84. The van der Waals surface area contributed by atoms with Crippen molar-refractivity contribution in [2.45, 2.75) is 13.1 Å². The van der Waals surface area contributed by atoms with Crippen molar-refractivity contribution in [3.05, 3.63) is 59.2 Å². The molecule has 8 heteroatoms. The highest BCUT2D eigenvalue weighted by atomic mass is 32.1. The summed E-state index contributed by atoms with van der Waals surface area (Å²) in [5.41, 5.74) is 0.985. The molecular weight excluding hydrogens is 387 g/mol. The number of aryl methyl sites for hydroxylation is 1. The number of alkyl halides is 3. The number of benzene rings is 2. The summed E-state index contributed by atoms with van der Waals surface area (Å²) >= 11 is 1.36. The van der Waals surface area contributed by atoms with E-state index >= 15 is 0 Å². The molecular formula is C20H20F3N3OS. The number of hydrogen-bond donors (Lipinski definition) is 0. The molecule has 0 fully saturated rings. The fraction of sp³-hybridized carbons (Fsp3) is 0.300. The molecule has 3 aromatic rings. The Morgan fingerprint density at radius 3 is 2.54 bits per heavy atom. The molecule has 0 saturated heterocycles. The van der Waals surface area contributed by atoms with Crippen molar-refractivity contribution in [3.8, 4) is 0 Å². The number of halogens is 3. The Bertz CT molecular complexity index is 998. The molecule has 1 amide bonds. The SMILES string of the molecule is Cc1ccc2nc(N(CCN(C)C)C(=O)c3cccc(C(F)(F)F)c3)sc2c1. The van der Waals surface area contributed by atoms with Crippen LogP contribution in [-0.4, -0.2) is 43.0 Å². The zero-order chi connectivity index (χ0) is 20.5. The average Bonchev–Trinajstić information content (AvgIpc) is 3.03. The number of carbonyl (C=O) groups excluding carboxylic acids is 1. The van der Waals surface area contributed by atoms with E-state index in [-0.39, 0.29) is 5.56 Å². The van der Waals surface area contributed by atoms with Crippen LogP contribution in [0.2, 0.25) is 0 Å². The van der Waals surface area contributed by atoms with Crippen molar-refractivity contribution >= 4 is 32.6 Å². The molecule has 0 atom stereocenters. The molecule has 0 spiro atoms. The monoisotopic (exact) mass is 407 g/mol. The molecule has 0 aliphatic carbocycles. The normalized spacial score (nSPS) is 12.0. The maximum Gasteiger partial charge on any atom is 0.416 e. The largest absolute Gasteiger partial charge is 0.416 e. The zero-order valence-corrected chi connectivity index (χ0v) is 16.6. The Kier molecular flexibility index (Phi) is 5.71. The second kappa shape index (κ2) is 7.89.